The SMILES string of the molecule is C[NH+](C)Cc1ccc(CSCCNc2[nH+]c(NN)ccc2[N+](=O)[O-])o1.O=C([O-])C(=O)O.O=C([O-])C(=O)O. The molecule has 0 radical (unpaired) electrons. The number of hydrazine groups is 1. The van der Waals surface area contributed by atoms with Gasteiger partial charge >= 0.3 is 17.6 Å². The predicted octanol–water partition coefficient (Wildman–Crippen LogP) is -4.08. The number of H-pyrrole nitrogens is 1. The molecule has 18 heteroatoms. The molecule has 0 amide bonds. The maximum absolute atomic E-state index is 11.0. The van der Waals surface area contributed by atoms with Gasteiger partial charge in [-0.15, -0.1) is 0 Å². The number of carbonyl (C=O) groups excluding carboxylic acids is 2. The van der Waals surface area contributed by atoms with Crippen molar-refractivity contribution in [3.05, 3.63) is 45.9 Å². The Kier molecular flexibility index (Phi) is 15.0. The molecule has 0 unspecified atom stereocenters. The molecule has 0 aliphatic carbocycles. The number of carbonyl (C=O) groups is 4. The Labute approximate surface area is 213 Å². The summed E-state index contributed by atoms with van der Waals surface area (Å²) < 4.78 is 5.76. The van der Waals surface area contributed by atoms with E-state index in [2.05, 4.69) is 29.8 Å². The van der Waals surface area contributed by atoms with Gasteiger partial charge in [-0.1, -0.05) is 0 Å². The molecule has 0 aliphatic heterocycles. The number of nitrogen functional groups attached to an aromatic ring is 1. The van der Waals surface area contributed by atoms with Gasteiger partial charge in [0, 0.05) is 17.9 Å². The second-order valence-corrected chi connectivity index (χ2v) is 8.06. The lowest BCUT2D eigenvalue weighted by molar-refractivity contribution is -0.873. The van der Waals surface area contributed by atoms with Gasteiger partial charge < -0.3 is 39.3 Å². The molecule has 0 spiro atoms. The number of aliphatic carboxylic acids is 4. The molecule has 2 aromatic rings. The van der Waals surface area contributed by atoms with Crippen molar-refractivity contribution in [1.82, 2.24) is 0 Å². The van der Waals surface area contributed by atoms with Gasteiger partial charge in [0.15, 0.2) is 17.7 Å². The fourth-order valence-corrected chi connectivity index (χ4v) is 2.97. The highest BCUT2D eigenvalue weighted by molar-refractivity contribution is 7.98. The third-order valence-corrected chi connectivity index (χ3v) is 4.64. The van der Waals surface area contributed by atoms with Crippen LogP contribution in [0.2, 0.25) is 0 Å². The summed E-state index contributed by atoms with van der Waals surface area (Å²) in [6.07, 6.45) is 0. The highest BCUT2D eigenvalue weighted by Crippen LogP contribution is 2.20. The molecule has 8 N–H and O–H groups in total. The summed E-state index contributed by atoms with van der Waals surface area (Å²) in [4.78, 5) is 50.8. The number of furan rings is 1. The minimum Gasteiger partial charge on any atom is -0.539 e. The van der Waals surface area contributed by atoms with E-state index in [1.165, 1.54) is 17.0 Å². The molecule has 0 fully saturated rings. The first-order valence-corrected chi connectivity index (χ1v) is 11.2. The minimum atomic E-state index is -2.07. The molecule has 0 saturated carbocycles. The molecule has 204 valence electrons. The molecular weight excluding hydrogens is 520 g/mol. The number of rotatable bonds is 10. The number of nitrogens with two attached hydrogens (primary N) is 1. The highest BCUT2D eigenvalue weighted by atomic mass is 32.2. The van der Waals surface area contributed by atoms with Crippen molar-refractivity contribution in [1.29, 1.82) is 0 Å². The molecular formula is C19H26N6O11S. The van der Waals surface area contributed by atoms with E-state index >= 15 is 0 Å². The number of nitrogens with zero attached hydrogens (tertiary/aromatic N) is 1. The Morgan fingerprint density at radius 1 is 1.08 bits per heavy atom. The molecule has 37 heavy (non-hydrogen) atoms. The number of nitro groups is 1. The van der Waals surface area contributed by atoms with E-state index in [0.717, 1.165) is 29.6 Å². The Morgan fingerprint density at radius 3 is 2.08 bits per heavy atom. The Hall–Kier alpha value is -4.42. The summed E-state index contributed by atoms with van der Waals surface area (Å²) in [6.45, 7) is 1.43. The molecule has 17 nitrogen and oxygen atoms in total. The zero-order chi connectivity index (χ0) is 28.5. The van der Waals surface area contributed by atoms with E-state index in [0.29, 0.717) is 18.2 Å². The van der Waals surface area contributed by atoms with Crippen molar-refractivity contribution in [3.63, 3.8) is 0 Å². The van der Waals surface area contributed by atoms with E-state index in [1.54, 1.807) is 11.8 Å². The standard InChI is InChI=1S/C15H22N6O3S.2C2H2O4/c1-20(2)9-11-3-4-12(24-11)10-25-8-7-17-15-13(21(22)23)5-6-14(18-15)19-16;2*3-1(4)2(5)6/h3-6H,7-10,16H2,1-2H3,(H2,17,18,19);2*(H,3,4)(H,5,6). The van der Waals surface area contributed by atoms with Crippen LogP contribution in [0.3, 0.4) is 0 Å². The monoisotopic (exact) mass is 546 g/mol. The van der Waals surface area contributed by atoms with Gasteiger partial charge in [0.1, 0.15) is 12.3 Å². The number of aromatic nitrogens is 1. The second-order valence-electron chi connectivity index (χ2n) is 6.95. The lowest BCUT2D eigenvalue weighted by Crippen LogP contribution is -3.04. The Morgan fingerprint density at radius 2 is 1.62 bits per heavy atom. The predicted molar refractivity (Wildman–Crippen MR) is 123 cm³/mol. The molecule has 0 bridgehead atoms. The van der Waals surface area contributed by atoms with E-state index < -0.39 is 28.8 Å². The van der Waals surface area contributed by atoms with E-state index in [4.69, 9.17) is 49.9 Å². The van der Waals surface area contributed by atoms with E-state index in [1.807, 2.05) is 12.1 Å². The summed E-state index contributed by atoms with van der Waals surface area (Å²) in [6, 6.07) is 6.92. The van der Waals surface area contributed by atoms with Gasteiger partial charge in [-0.25, -0.2) is 25.8 Å². The Bertz CT molecular complexity index is 1030. The topological polar surface area (TPSA) is 280 Å². The van der Waals surface area contributed by atoms with Crippen LogP contribution in [0.4, 0.5) is 17.3 Å². The van der Waals surface area contributed by atoms with E-state index in [-0.39, 0.29) is 5.69 Å². The first kappa shape index (κ1) is 32.6. The lowest BCUT2D eigenvalue weighted by atomic mass is 10.3. The molecule has 2 heterocycles. The van der Waals surface area contributed by atoms with Gasteiger partial charge in [0.25, 0.3) is 5.82 Å². The highest BCUT2D eigenvalue weighted by Gasteiger charge is 2.19. The van der Waals surface area contributed by atoms with Crippen molar-refractivity contribution in [2.75, 3.05) is 37.1 Å². The van der Waals surface area contributed by atoms with Crippen molar-refractivity contribution in [3.8, 4) is 0 Å². The number of carboxylic acid groups (broad SMARTS) is 4. The summed E-state index contributed by atoms with van der Waals surface area (Å²) in [5, 5.41) is 46.7. The fourth-order valence-electron chi connectivity index (χ4n) is 2.22. The largest absolute Gasteiger partial charge is 0.539 e. The maximum Gasteiger partial charge on any atom is 0.351 e. The zero-order valence-corrected chi connectivity index (χ0v) is 20.5. The van der Waals surface area contributed by atoms with E-state index in [9.17, 15) is 10.1 Å². The molecule has 2 aromatic heterocycles. The maximum atomic E-state index is 11.0. The molecule has 0 atom stereocenters. The molecule has 0 aliphatic rings. The first-order valence-electron chi connectivity index (χ1n) is 10.0. The summed E-state index contributed by atoms with van der Waals surface area (Å²) in [5.41, 5.74) is 2.41. The van der Waals surface area contributed by atoms with Crippen LogP contribution in [-0.2, 0) is 31.5 Å². The lowest BCUT2D eigenvalue weighted by Gasteiger charge is -2.04. The molecule has 0 saturated heterocycles. The van der Waals surface area contributed by atoms with Crippen molar-refractivity contribution >= 4 is 53.0 Å². The van der Waals surface area contributed by atoms with Crippen LogP contribution in [0.1, 0.15) is 11.5 Å². The summed E-state index contributed by atoms with van der Waals surface area (Å²) >= 11 is 1.69. The number of carboxylic acids is 4. The second kappa shape index (κ2) is 17.1. The van der Waals surface area contributed by atoms with Crippen molar-refractivity contribution in [2.45, 2.75) is 12.3 Å². The minimum absolute atomic E-state index is 0.0224. The average molecular weight is 547 g/mol. The number of thioether (sulfide) groups is 1. The van der Waals surface area contributed by atoms with Gasteiger partial charge in [-0.05, 0) is 12.1 Å². The number of pyridine rings is 1. The van der Waals surface area contributed by atoms with Crippen molar-refractivity contribution in [2.24, 2.45) is 5.84 Å². The van der Waals surface area contributed by atoms with Crippen molar-refractivity contribution < 1.29 is 58.8 Å². The Balaban J connectivity index is 0.000000896. The van der Waals surface area contributed by atoms with Crippen LogP contribution >= 0.6 is 11.8 Å². The van der Waals surface area contributed by atoms with Crippen LogP contribution in [0.25, 0.3) is 0 Å². The van der Waals surface area contributed by atoms with Crippen LogP contribution in [0.15, 0.2) is 28.7 Å². The number of anilines is 2. The smallest absolute Gasteiger partial charge is 0.351 e. The average Bonchev–Trinajstić information content (AvgIpc) is 3.25. The number of nitrogens with one attached hydrogen (secondary N) is 4. The fraction of sp³-hybridized carbons (Fsp3) is 0.316. The zero-order valence-electron chi connectivity index (χ0n) is 19.6. The van der Waals surface area contributed by atoms with Crippen LogP contribution in [0, 0.1) is 10.1 Å². The molecule has 2 rings (SSSR count). The van der Waals surface area contributed by atoms with Crippen LogP contribution in [-0.4, -0.2) is 65.4 Å². The van der Waals surface area contributed by atoms with Gasteiger partial charge in [-0.2, -0.15) is 11.8 Å². The number of aromatic amines is 1. The van der Waals surface area contributed by atoms with Gasteiger partial charge in [-0.3, -0.25) is 15.4 Å². The van der Waals surface area contributed by atoms with Crippen LogP contribution in [0.5, 0.6) is 0 Å². The van der Waals surface area contributed by atoms with Gasteiger partial charge in [0.2, 0.25) is 5.82 Å². The number of hydrogen-bond donors (Lipinski definition) is 6. The van der Waals surface area contributed by atoms with Crippen LogP contribution < -0.4 is 36.7 Å². The molecule has 0 aromatic carbocycles. The number of hydrogen-bond acceptors (Lipinski definition) is 13. The third kappa shape index (κ3) is 14.5. The summed E-state index contributed by atoms with van der Waals surface area (Å²) in [7, 11) is 4.15. The third-order valence-electron chi connectivity index (χ3n) is 3.66. The van der Waals surface area contributed by atoms with Gasteiger partial charge in [0.05, 0.1) is 31.3 Å². The quantitative estimate of drug-likeness (QED) is 0.0543. The summed E-state index contributed by atoms with van der Waals surface area (Å²) in [5.74, 6) is 1.58. The normalized spacial score (nSPS) is 9.73. The number of quaternary nitrogens is 1. The first-order chi connectivity index (χ1) is 17.3.